The van der Waals surface area contributed by atoms with Crippen LogP contribution in [0.4, 0.5) is 0 Å². The van der Waals surface area contributed by atoms with Crippen LogP contribution < -0.4 is 0 Å². The van der Waals surface area contributed by atoms with Crippen molar-refractivity contribution in [2.24, 2.45) is 0 Å². The van der Waals surface area contributed by atoms with Crippen LogP contribution in [0.5, 0.6) is 0 Å². The lowest BCUT2D eigenvalue weighted by molar-refractivity contribution is 0.0553. The Morgan fingerprint density at radius 1 is 0.225 bits per heavy atom. The zero-order valence-corrected chi connectivity index (χ0v) is 27.8. The molecule has 0 heterocycles. The summed E-state index contributed by atoms with van der Waals surface area (Å²) in [5.74, 6) is 0. The number of rotatable bonds is 9. The van der Waals surface area contributed by atoms with Crippen molar-refractivity contribution in [1.82, 2.24) is 13.7 Å². The highest BCUT2D eigenvalue weighted by Crippen LogP contribution is 2.41. The average Bonchev–Trinajstić information content (AvgIpc) is 3.04. The summed E-state index contributed by atoms with van der Waals surface area (Å²) in [6.07, 6.45) is 45.4. The van der Waals surface area contributed by atoms with Gasteiger partial charge < -0.3 is 0 Å². The molecule has 6 fully saturated rings. The van der Waals surface area contributed by atoms with Crippen LogP contribution in [0.15, 0.2) is 0 Å². The third-order valence-corrected chi connectivity index (χ3v) is 16.9. The summed E-state index contributed by atoms with van der Waals surface area (Å²) >= 11 is 0. The SMILES string of the molecule is C1CCC(N(C2CCCCC2)[SiH](N(C2CCCCC2)C2CCCCC2)N(C2CCCCC2)C2CCCCC2)CC1. The molecule has 0 aromatic carbocycles. The average molecular weight is 570 g/mol. The van der Waals surface area contributed by atoms with E-state index in [1.54, 1.807) is 0 Å². The maximum Gasteiger partial charge on any atom is 0.274 e. The minimum Gasteiger partial charge on any atom is -0.296 e. The molecule has 0 saturated heterocycles. The Hall–Kier alpha value is 0.0969. The van der Waals surface area contributed by atoms with Crippen LogP contribution in [0.1, 0.15) is 193 Å². The second kappa shape index (κ2) is 15.7. The molecule has 0 radical (unpaired) electrons. The third kappa shape index (κ3) is 7.41. The van der Waals surface area contributed by atoms with Crippen molar-refractivity contribution in [3.63, 3.8) is 0 Å². The Morgan fingerprint density at radius 3 is 0.525 bits per heavy atom. The van der Waals surface area contributed by atoms with Crippen LogP contribution in [-0.2, 0) is 0 Å². The van der Waals surface area contributed by atoms with E-state index in [9.17, 15) is 0 Å². The fraction of sp³-hybridized carbons (Fsp3) is 1.00. The lowest BCUT2D eigenvalue weighted by atomic mass is 9.90. The van der Waals surface area contributed by atoms with E-state index in [0.29, 0.717) is 0 Å². The molecule has 6 aliphatic carbocycles. The van der Waals surface area contributed by atoms with Crippen LogP contribution in [0.25, 0.3) is 0 Å². The maximum absolute atomic E-state index is 3.50. The van der Waals surface area contributed by atoms with Crippen LogP contribution in [-0.4, -0.2) is 59.2 Å². The van der Waals surface area contributed by atoms with Crippen LogP contribution in [0, 0.1) is 0 Å². The topological polar surface area (TPSA) is 9.72 Å². The van der Waals surface area contributed by atoms with Gasteiger partial charge in [-0.25, -0.2) is 0 Å². The van der Waals surface area contributed by atoms with Gasteiger partial charge in [0.1, 0.15) is 0 Å². The van der Waals surface area contributed by atoms with Gasteiger partial charge in [-0.3, -0.25) is 13.7 Å². The molecule has 6 aliphatic rings. The van der Waals surface area contributed by atoms with Gasteiger partial charge in [-0.2, -0.15) is 0 Å². The summed E-state index contributed by atoms with van der Waals surface area (Å²) < 4.78 is 10.5. The van der Waals surface area contributed by atoms with E-state index in [1.807, 2.05) is 0 Å². The summed E-state index contributed by atoms with van der Waals surface area (Å²) in [5.41, 5.74) is 0. The van der Waals surface area contributed by atoms with Crippen LogP contribution >= 0.6 is 0 Å². The van der Waals surface area contributed by atoms with E-state index < -0.39 is 9.28 Å². The molecule has 3 nitrogen and oxygen atoms in total. The first-order valence-electron chi connectivity index (χ1n) is 19.2. The molecule has 6 saturated carbocycles. The van der Waals surface area contributed by atoms with Gasteiger partial charge in [-0.05, 0) is 77.0 Å². The lowest BCUT2D eigenvalue weighted by Gasteiger charge is -2.59. The Kier molecular flexibility index (Phi) is 11.8. The second-order valence-corrected chi connectivity index (χ2v) is 17.9. The molecule has 40 heavy (non-hydrogen) atoms. The first-order chi connectivity index (χ1) is 19.9. The van der Waals surface area contributed by atoms with Gasteiger partial charge in [0.2, 0.25) is 0 Å². The van der Waals surface area contributed by atoms with Gasteiger partial charge in [-0.15, -0.1) is 0 Å². The van der Waals surface area contributed by atoms with Crippen LogP contribution in [0.2, 0.25) is 0 Å². The maximum atomic E-state index is 3.50. The van der Waals surface area contributed by atoms with E-state index in [-0.39, 0.29) is 0 Å². The molecule has 0 unspecified atom stereocenters. The van der Waals surface area contributed by atoms with E-state index in [0.717, 1.165) is 36.3 Å². The highest BCUT2D eigenvalue weighted by atomic mass is 28.3. The predicted molar refractivity (Wildman–Crippen MR) is 174 cm³/mol. The Morgan fingerprint density at radius 2 is 0.375 bits per heavy atom. The van der Waals surface area contributed by atoms with Gasteiger partial charge in [0, 0.05) is 36.3 Å². The molecule has 0 spiro atoms. The number of hydrogen-bond acceptors (Lipinski definition) is 3. The zero-order chi connectivity index (χ0) is 27.0. The Balaban J connectivity index is 1.45. The van der Waals surface area contributed by atoms with Crippen molar-refractivity contribution in [3.8, 4) is 0 Å². The smallest absolute Gasteiger partial charge is 0.274 e. The predicted octanol–water partition coefficient (Wildman–Crippen LogP) is 9.61. The quantitative estimate of drug-likeness (QED) is 0.256. The molecule has 0 aliphatic heterocycles. The van der Waals surface area contributed by atoms with Crippen molar-refractivity contribution in [3.05, 3.63) is 0 Å². The first-order valence-corrected chi connectivity index (χ1v) is 20.8. The van der Waals surface area contributed by atoms with Gasteiger partial charge in [0.15, 0.2) is 0 Å². The Labute approximate surface area is 251 Å². The monoisotopic (exact) mass is 570 g/mol. The van der Waals surface area contributed by atoms with Crippen molar-refractivity contribution in [2.45, 2.75) is 229 Å². The minimum absolute atomic E-state index is 0.901. The van der Waals surface area contributed by atoms with Gasteiger partial charge in [0.25, 0.3) is 9.28 Å². The largest absolute Gasteiger partial charge is 0.296 e. The molecule has 0 amide bonds. The molecule has 230 valence electrons. The van der Waals surface area contributed by atoms with Crippen molar-refractivity contribution in [1.29, 1.82) is 0 Å². The fourth-order valence-electron chi connectivity index (χ4n) is 10.8. The summed E-state index contributed by atoms with van der Waals surface area (Å²) in [7, 11) is -1.52. The molecule has 0 aromatic heterocycles. The van der Waals surface area contributed by atoms with E-state index in [4.69, 9.17) is 0 Å². The summed E-state index contributed by atoms with van der Waals surface area (Å²) in [5, 5.41) is 0. The molecule has 0 aromatic rings. The van der Waals surface area contributed by atoms with Crippen molar-refractivity contribution >= 4 is 9.28 Å². The van der Waals surface area contributed by atoms with Gasteiger partial charge in [0.05, 0.1) is 0 Å². The first kappa shape index (κ1) is 30.1. The molecule has 0 atom stereocenters. The van der Waals surface area contributed by atoms with E-state index >= 15 is 0 Å². The molecule has 6 rings (SSSR count). The lowest BCUT2D eigenvalue weighted by Crippen LogP contribution is -2.75. The summed E-state index contributed by atoms with van der Waals surface area (Å²) in [6.45, 7) is 0. The van der Waals surface area contributed by atoms with Crippen LogP contribution in [0.3, 0.4) is 0 Å². The van der Waals surface area contributed by atoms with Crippen molar-refractivity contribution in [2.75, 3.05) is 0 Å². The zero-order valence-electron chi connectivity index (χ0n) is 26.6. The third-order valence-electron chi connectivity index (χ3n) is 12.8. The number of nitrogens with zero attached hydrogens (tertiary/aromatic N) is 3. The fourth-order valence-corrected chi connectivity index (χ4v) is 15.7. The van der Waals surface area contributed by atoms with Crippen molar-refractivity contribution < 1.29 is 0 Å². The molecule has 0 bridgehead atoms. The molecule has 0 N–H and O–H groups in total. The highest BCUT2D eigenvalue weighted by molar-refractivity contribution is 6.50. The second-order valence-electron chi connectivity index (χ2n) is 15.4. The standard InChI is InChI=1S/C36H67N3Si/c1-7-19-31(20-8-1)37(32-21-9-2-10-22-32)40(38(33-23-11-3-12-24-33)34-25-13-4-14-26-34)39(35-27-15-5-16-28-35)36-29-17-6-18-30-36/h31-36,40H,1-30H2. The molecular formula is C36H67N3Si. The normalized spacial score (nSPS) is 28.8. The van der Waals surface area contributed by atoms with E-state index in [1.165, 1.54) is 193 Å². The highest BCUT2D eigenvalue weighted by Gasteiger charge is 2.49. The minimum atomic E-state index is -1.52. The molecular weight excluding hydrogens is 503 g/mol. The number of hydrogen-bond donors (Lipinski definition) is 0. The Bertz CT molecular complexity index is 546. The summed E-state index contributed by atoms with van der Waals surface area (Å²) in [4.78, 5) is 0. The van der Waals surface area contributed by atoms with E-state index in [2.05, 4.69) is 13.7 Å². The summed E-state index contributed by atoms with van der Waals surface area (Å²) in [6, 6.07) is 5.40. The molecule has 4 heteroatoms. The van der Waals surface area contributed by atoms with Gasteiger partial charge >= 0.3 is 0 Å². The van der Waals surface area contributed by atoms with Gasteiger partial charge in [-0.1, -0.05) is 116 Å².